The monoisotopic (exact) mass is 250 g/mol. The number of hydrogen-bond donors (Lipinski definition) is 2. The van der Waals surface area contributed by atoms with E-state index in [0.717, 1.165) is 12.8 Å². The molecule has 0 bridgehead atoms. The lowest BCUT2D eigenvalue weighted by atomic mass is 9.97. The number of hydrogen-bond acceptors (Lipinski definition) is 2. The van der Waals surface area contributed by atoms with Crippen LogP contribution in [0.3, 0.4) is 0 Å². The summed E-state index contributed by atoms with van der Waals surface area (Å²) in [7, 11) is 0. The topological polar surface area (TPSA) is 71.3 Å². The van der Waals surface area contributed by atoms with Gasteiger partial charge in [0.05, 0.1) is 0 Å². The summed E-state index contributed by atoms with van der Waals surface area (Å²) in [5.74, 6) is -1.23. The number of aryl methyl sites for hydroxylation is 1. The van der Waals surface area contributed by atoms with Gasteiger partial charge in [-0.15, -0.1) is 0 Å². The van der Waals surface area contributed by atoms with Crippen molar-refractivity contribution in [2.24, 2.45) is 0 Å². The van der Waals surface area contributed by atoms with Crippen molar-refractivity contribution in [3.05, 3.63) is 24.0 Å². The van der Waals surface area contributed by atoms with Gasteiger partial charge in [-0.25, -0.2) is 4.79 Å². The summed E-state index contributed by atoms with van der Waals surface area (Å²) < 4.78 is 1.81. The zero-order valence-electron chi connectivity index (χ0n) is 10.5. The molecule has 1 amide bonds. The number of nitrogens with one attached hydrogen (secondary N) is 1. The quantitative estimate of drug-likeness (QED) is 0.853. The molecule has 1 aliphatic carbocycles. The summed E-state index contributed by atoms with van der Waals surface area (Å²) in [5, 5.41) is 12.0. The van der Waals surface area contributed by atoms with Gasteiger partial charge < -0.3 is 15.0 Å². The minimum absolute atomic E-state index is 0.300. The Morgan fingerprint density at radius 2 is 2.11 bits per heavy atom. The molecule has 0 saturated heterocycles. The van der Waals surface area contributed by atoms with Crippen molar-refractivity contribution in [2.45, 2.75) is 44.7 Å². The van der Waals surface area contributed by atoms with Crippen molar-refractivity contribution < 1.29 is 14.7 Å². The van der Waals surface area contributed by atoms with Crippen LogP contribution >= 0.6 is 0 Å². The minimum atomic E-state index is -1.07. The van der Waals surface area contributed by atoms with Gasteiger partial charge >= 0.3 is 5.97 Å². The second kappa shape index (κ2) is 4.84. The van der Waals surface area contributed by atoms with Gasteiger partial charge in [0, 0.05) is 12.7 Å². The molecule has 18 heavy (non-hydrogen) atoms. The summed E-state index contributed by atoms with van der Waals surface area (Å²) in [4.78, 5) is 23.5. The largest absolute Gasteiger partial charge is 0.480 e. The Balaban J connectivity index is 2.18. The highest BCUT2D eigenvalue weighted by Gasteiger charge is 2.42. The maximum atomic E-state index is 12.2. The SMILES string of the molecule is CCn1cccc1C(=O)NC1(C(=O)O)CCCC1. The lowest BCUT2D eigenvalue weighted by Gasteiger charge is -2.25. The molecule has 1 aromatic rings. The van der Waals surface area contributed by atoms with E-state index in [4.69, 9.17) is 0 Å². The van der Waals surface area contributed by atoms with E-state index in [0.29, 0.717) is 25.1 Å². The van der Waals surface area contributed by atoms with E-state index in [2.05, 4.69) is 5.32 Å². The molecule has 2 rings (SSSR count). The number of aromatic nitrogens is 1. The molecule has 1 aliphatic rings. The lowest BCUT2D eigenvalue weighted by Crippen LogP contribution is -2.52. The van der Waals surface area contributed by atoms with Gasteiger partial charge in [-0.1, -0.05) is 12.8 Å². The van der Waals surface area contributed by atoms with E-state index in [1.165, 1.54) is 0 Å². The Kier molecular flexibility index (Phi) is 3.41. The average Bonchev–Trinajstić information content (AvgIpc) is 2.97. The van der Waals surface area contributed by atoms with Crippen LogP contribution in [0.1, 0.15) is 43.1 Å². The average molecular weight is 250 g/mol. The number of carboxylic acids is 1. The predicted molar refractivity (Wildman–Crippen MR) is 66.4 cm³/mol. The normalized spacial score (nSPS) is 17.6. The van der Waals surface area contributed by atoms with Crippen LogP contribution in [0.2, 0.25) is 0 Å². The second-order valence-corrected chi connectivity index (χ2v) is 4.73. The molecule has 1 saturated carbocycles. The molecule has 0 unspecified atom stereocenters. The van der Waals surface area contributed by atoms with Gasteiger partial charge in [0.25, 0.3) is 5.91 Å². The Bertz CT molecular complexity index is 459. The molecule has 1 heterocycles. The number of carboxylic acid groups (broad SMARTS) is 1. The fourth-order valence-electron chi connectivity index (χ4n) is 2.55. The van der Waals surface area contributed by atoms with Crippen LogP contribution in [0, 0.1) is 0 Å². The van der Waals surface area contributed by atoms with Crippen molar-refractivity contribution in [2.75, 3.05) is 0 Å². The highest BCUT2D eigenvalue weighted by molar-refractivity contribution is 5.96. The predicted octanol–water partition coefficient (Wildman–Crippen LogP) is 1.64. The molecule has 98 valence electrons. The first kappa shape index (κ1) is 12.7. The van der Waals surface area contributed by atoms with Gasteiger partial charge in [-0.3, -0.25) is 4.79 Å². The Labute approximate surface area is 106 Å². The van der Waals surface area contributed by atoms with E-state index in [1.807, 2.05) is 13.1 Å². The Hall–Kier alpha value is -1.78. The number of aliphatic carboxylic acids is 1. The highest BCUT2D eigenvalue weighted by Crippen LogP contribution is 2.30. The van der Waals surface area contributed by atoms with E-state index in [-0.39, 0.29) is 5.91 Å². The molecule has 5 nitrogen and oxygen atoms in total. The third kappa shape index (κ3) is 2.12. The standard InChI is InChI=1S/C13H18N2O3/c1-2-15-9-5-6-10(15)11(16)14-13(12(17)18)7-3-4-8-13/h5-6,9H,2-4,7-8H2,1H3,(H,14,16)(H,17,18). The molecule has 2 N–H and O–H groups in total. The minimum Gasteiger partial charge on any atom is -0.480 e. The van der Waals surface area contributed by atoms with Gasteiger partial charge in [-0.2, -0.15) is 0 Å². The van der Waals surface area contributed by atoms with Crippen molar-refractivity contribution in [3.63, 3.8) is 0 Å². The molecule has 1 aromatic heterocycles. The third-order valence-corrected chi connectivity index (χ3v) is 3.62. The van der Waals surface area contributed by atoms with Gasteiger partial charge in [0.1, 0.15) is 11.2 Å². The summed E-state index contributed by atoms with van der Waals surface area (Å²) in [6, 6.07) is 3.50. The van der Waals surface area contributed by atoms with Gasteiger partial charge in [0.15, 0.2) is 0 Å². The van der Waals surface area contributed by atoms with Crippen LogP contribution in [0.4, 0.5) is 0 Å². The van der Waals surface area contributed by atoms with E-state index in [9.17, 15) is 14.7 Å². The zero-order chi connectivity index (χ0) is 13.2. The molecule has 0 spiro atoms. The van der Waals surface area contributed by atoms with Crippen molar-refractivity contribution in [1.82, 2.24) is 9.88 Å². The number of carbonyl (C=O) groups excluding carboxylic acids is 1. The molecule has 0 aromatic carbocycles. The summed E-state index contributed by atoms with van der Waals surface area (Å²) >= 11 is 0. The highest BCUT2D eigenvalue weighted by atomic mass is 16.4. The van der Waals surface area contributed by atoms with Crippen molar-refractivity contribution >= 4 is 11.9 Å². The Morgan fingerprint density at radius 1 is 1.44 bits per heavy atom. The van der Waals surface area contributed by atoms with Crippen LogP contribution < -0.4 is 5.32 Å². The van der Waals surface area contributed by atoms with Crippen molar-refractivity contribution in [1.29, 1.82) is 0 Å². The number of rotatable bonds is 4. The van der Waals surface area contributed by atoms with E-state index in [1.54, 1.807) is 16.7 Å². The fraction of sp³-hybridized carbons (Fsp3) is 0.538. The second-order valence-electron chi connectivity index (χ2n) is 4.73. The molecule has 1 fully saturated rings. The van der Waals surface area contributed by atoms with E-state index >= 15 is 0 Å². The van der Waals surface area contributed by atoms with Crippen LogP contribution in [0.5, 0.6) is 0 Å². The Morgan fingerprint density at radius 3 is 2.67 bits per heavy atom. The summed E-state index contributed by atoms with van der Waals surface area (Å²) in [6.45, 7) is 2.63. The molecule has 0 atom stereocenters. The van der Waals surface area contributed by atoms with Crippen LogP contribution in [0.25, 0.3) is 0 Å². The smallest absolute Gasteiger partial charge is 0.329 e. The number of carbonyl (C=O) groups is 2. The van der Waals surface area contributed by atoms with Crippen LogP contribution in [-0.4, -0.2) is 27.1 Å². The number of amides is 1. The third-order valence-electron chi connectivity index (χ3n) is 3.62. The fourth-order valence-corrected chi connectivity index (χ4v) is 2.55. The first-order valence-corrected chi connectivity index (χ1v) is 6.30. The van der Waals surface area contributed by atoms with Gasteiger partial charge in [0.2, 0.25) is 0 Å². The molecule has 0 radical (unpaired) electrons. The van der Waals surface area contributed by atoms with Crippen molar-refractivity contribution in [3.8, 4) is 0 Å². The lowest BCUT2D eigenvalue weighted by molar-refractivity contribution is -0.144. The number of nitrogens with zero attached hydrogens (tertiary/aromatic N) is 1. The molecular formula is C13H18N2O3. The first-order chi connectivity index (χ1) is 8.59. The van der Waals surface area contributed by atoms with Crippen LogP contribution in [0.15, 0.2) is 18.3 Å². The molecule has 5 heteroatoms. The van der Waals surface area contributed by atoms with E-state index < -0.39 is 11.5 Å². The maximum absolute atomic E-state index is 12.2. The van der Waals surface area contributed by atoms with Gasteiger partial charge in [-0.05, 0) is 31.9 Å². The first-order valence-electron chi connectivity index (χ1n) is 6.30. The van der Waals surface area contributed by atoms with Crippen LogP contribution in [-0.2, 0) is 11.3 Å². The molecule has 0 aliphatic heterocycles. The maximum Gasteiger partial charge on any atom is 0.329 e. The summed E-state index contributed by atoms with van der Waals surface area (Å²) in [5.41, 5.74) is -0.551. The summed E-state index contributed by atoms with van der Waals surface area (Å²) in [6.07, 6.45) is 4.54. The zero-order valence-corrected chi connectivity index (χ0v) is 10.5. The molecular weight excluding hydrogens is 232 g/mol.